The van der Waals surface area contributed by atoms with E-state index in [9.17, 15) is 17.6 Å². The number of carbonyl (C=O) groups excluding carboxylic acids is 1. The minimum atomic E-state index is -4.05. The lowest BCUT2D eigenvalue weighted by Gasteiger charge is -2.24. The van der Waals surface area contributed by atoms with Gasteiger partial charge in [-0.1, -0.05) is 47.5 Å². The lowest BCUT2D eigenvalue weighted by Crippen LogP contribution is -2.41. The van der Waals surface area contributed by atoms with Crippen molar-refractivity contribution in [1.82, 2.24) is 5.32 Å². The minimum absolute atomic E-state index is 0.0586. The standard InChI is InChI=1S/C25H26ClFN2O4S2/c1-18-7-10-21(11-8-18)35(31,32)29(20-9-12-24(33-2)22(26)15-20)16-25(30)28-13-14-34-17-19-5-3-4-6-23(19)27/h3-12,15H,13-14,16-17H2,1-2H3,(H,28,30). The molecule has 1 amide bonds. The van der Waals surface area contributed by atoms with Gasteiger partial charge >= 0.3 is 0 Å². The van der Waals surface area contributed by atoms with Crippen LogP contribution in [-0.2, 0) is 20.6 Å². The van der Waals surface area contributed by atoms with Crippen molar-refractivity contribution >= 4 is 45.0 Å². The van der Waals surface area contributed by atoms with Crippen LogP contribution in [0.3, 0.4) is 0 Å². The Morgan fingerprint density at radius 1 is 1.11 bits per heavy atom. The van der Waals surface area contributed by atoms with Gasteiger partial charge in [-0.2, -0.15) is 11.8 Å². The van der Waals surface area contributed by atoms with E-state index in [0.29, 0.717) is 29.4 Å². The molecule has 0 unspecified atom stereocenters. The van der Waals surface area contributed by atoms with Crippen molar-refractivity contribution in [3.05, 3.63) is 88.7 Å². The molecule has 0 saturated carbocycles. The van der Waals surface area contributed by atoms with Crippen molar-refractivity contribution in [2.45, 2.75) is 17.6 Å². The summed E-state index contributed by atoms with van der Waals surface area (Å²) in [6.45, 7) is 1.73. The van der Waals surface area contributed by atoms with Gasteiger partial charge in [-0.3, -0.25) is 9.10 Å². The van der Waals surface area contributed by atoms with Gasteiger partial charge in [-0.05, 0) is 48.9 Å². The van der Waals surface area contributed by atoms with Gasteiger partial charge in [0.05, 0.1) is 22.7 Å². The Morgan fingerprint density at radius 3 is 2.49 bits per heavy atom. The molecule has 0 radical (unpaired) electrons. The molecule has 0 heterocycles. The number of thioether (sulfide) groups is 1. The van der Waals surface area contributed by atoms with Crippen LogP contribution in [0.2, 0.25) is 5.02 Å². The van der Waals surface area contributed by atoms with Gasteiger partial charge in [-0.25, -0.2) is 12.8 Å². The van der Waals surface area contributed by atoms with Gasteiger partial charge in [0.2, 0.25) is 5.91 Å². The minimum Gasteiger partial charge on any atom is -0.495 e. The third kappa shape index (κ3) is 7.13. The maximum absolute atomic E-state index is 13.7. The predicted molar refractivity (Wildman–Crippen MR) is 139 cm³/mol. The number of benzene rings is 3. The number of nitrogens with one attached hydrogen (secondary N) is 1. The molecule has 0 aliphatic heterocycles. The van der Waals surface area contributed by atoms with Gasteiger partial charge in [0.25, 0.3) is 10.0 Å². The fraction of sp³-hybridized carbons (Fsp3) is 0.240. The Kier molecular flexibility index (Phi) is 9.42. The highest BCUT2D eigenvalue weighted by Gasteiger charge is 2.27. The second kappa shape index (κ2) is 12.3. The van der Waals surface area contributed by atoms with Crippen LogP contribution in [0.5, 0.6) is 5.75 Å². The zero-order valence-electron chi connectivity index (χ0n) is 19.3. The summed E-state index contributed by atoms with van der Waals surface area (Å²) in [5.74, 6) is 0.664. The lowest BCUT2D eigenvalue weighted by atomic mass is 10.2. The van der Waals surface area contributed by atoms with Crippen molar-refractivity contribution in [2.75, 3.05) is 30.3 Å². The van der Waals surface area contributed by atoms with Gasteiger partial charge in [0.15, 0.2) is 0 Å². The fourth-order valence-electron chi connectivity index (χ4n) is 3.21. The molecular formula is C25H26ClFN2O4S2. The zero-order valence-corrected chi connectivity index (χ0v) is 21.7. The number of rotatable bonds is 11. The average molecular weight is 537 g/mol. The maximum atomic E-state index is 13.7. The Bertz CT molecular complexity index is 1270. The number of nitrogens with zero attached hydrogens (tertiary/aromatic N) is 1. The van der Waals surface area contributed by atoms with Crippen LogP contribution < -0.4 is 14.4 Å². The molecule has 3 aromatic carbocycles. The molecule has 0 atom stereocenters. The number of halogens is 2. The van der Waals surface area contributed by atoms with Gasteiger partial charge in [-0.15, -0.1) is 0 Å². The molecule has 0 fully saturated rings. The van der Waals surface area contributed by atoms with E-state index in [1.54, 1.807) is 36.4 Å². The molecule has 3 rings (SSSR count). The highest BCUT2D eigenvalue weighted by molar-refractivity contribution is 7.98. The second-order valence-electron chi connectivity index (χ2n) is 7.64. The monoisotopic (exact) mass is 536 g/mol. The molecule has 0 aliphatic rings. The number of amides is 1. The van der Waals surface area contributed by atoms with E-state index in [2.05, 4.69) is 5.32 Å². The van der Waals surface area contributed by atoms with E-state index in [1.807, 2.05) is 6.92 Å². The largest absolute Gasteiger partial charge is 0.495 e. The van der Waals surface area contributed by atoms with Crippen LogP contribution in [0, 0.1) is 12.7 Å². The molecule has 0 aliphatic carbocycles. The van der Waals surface area contributed by atoms with Crippen LogP contribution in [-0.4, -0.2) is 40.3 Å². The molecule has 0 saturated heterocycles. The first-order valence-corrected chi connectivity index (χ1v) is 13.7. The number of hydrogen-bond donors (Lipinski definition) is 1. The molecule has 35 heavy (non-hydrogen) atoms. The van der Waals surface area contributed by atoms with E-state index in [-0.39, 0.29) is 21.4 Å². The van der Waals surface area contributed by atoms with Crippen molar-refractivity contribution in [3.8, 4) is 5.75 Å². The average Bonchev–Trinajstić information content (AvgIpc) is 2.83. The van der Waals surface area contributed by atoms with E-state index in [4.69, 9.17) is 16.3 Å². The Labute approximate surface area is 214 Å². The summed E-state index contributed by atoms with van der Waals surface area (Å²) in [6, 6.07) is 17.5. The number of methoxy groups -OCH3 is 1. The summed E-state index contributed by atoms with van der Waals surface area (Å²) in [7, 11) is -2.59. The topological polar surface area (TPSA) is 75.7 Å². The Hall–Kier alpha value is -2.75. The number of aryl methyl sites for hydroxylation is 1. The van der Waals surface area contributed by atoms with Crippen molar-refractivity contribution in [3.63, 3.8) is 0 Å². The predicted octanol–water partition coefficient (Wildman–Crippen LogP) is 5.04. The third-order valence-electron chi connectivity index (χ3n) is 5.10. The number of carbonyl (C=O) groups is 1. The SMILES string of the molecule is COc1ccc(N(CC(=O)NCCSCc2ccccc2F)S(=O)(=O)c2ccc(C)cc2)cc1Cl. The normalized spacial score (nSPS) is 11.2. The lowest BCUT2D eigenvalue weighted by molar-refractivity contribution is -0.119. The first kappa shape index (κ1) is 26.8. The summed E-state index contributed by atoms with van der Waals surface area (Å²) in [4.78, 5) is 12.8. The van der Waals surface area contributed by atoms with E-state index < -0.39 is 22.5 Å². The molecule has 0 aromatic heterocycles. The van der Waals surface area contributed by atoms with Crippen LogP contribution in [0.1, 0.15) is 11.1 Å². The molecular weight excluding hydrogens is 511 g/mol. The summed E-state index contributed by atoms with van der Waals surface area (Å²) < 4.78 is 46.8. The summed E-state index contributed by atoms with van der Waals surface area (Å²) in [5, 5.41) is 2.96. The van der Waals surface area contributed by atoms with Crippen LogP contribution in [0.15, 0.2) is 71.6 Å². The smallest absolute Gasteiger partial charge is 0.264 e. The Morgan fingerprint density at radius 2 is 1.83 bits per heavy atom. The first-order chi connectivity index (χ1) is 16.7. The molecule has 186 valence electrons. The van der Waals surface area contributed by atoms with Crippen LogP contribution >= 0.6 is 23.4 Å². The highest BCUT2D eigenvalue weighted by atomic mass is 35.5. The Balaban J connectivity index is 1.70. The van der Waals surface area contributed by atoms with Crippen molar-refractivity contribution < 1.29 is 22.3 Å². The zero-order chi connectivity index (χ0) is 25.4. The van der Waals surface area contributed by atoms with E-state index in [1.165, 1.54) is 49.2 Å². The van der Waals surface area contributed by atoms with Gasteiger partial charge in [0.1, 0.15) is 18.1 Å². The van der Waals surface area contributed by atoms with Crippen LogP contribution in [0.25, 0.3) is 0 Å². The summed E-state index contributed by atoms with van der Waals surface area (Å²) in [5.41, 5.74) is 1.74. The maximum Gasteiger partial charge on any atom is 0.264 e. The summed E-state index contributed by atoms with van der Waals surface area (Å²) >= 11 is 7.70. The summed E-state index contributed by atoms with van der Waals surface area (Å²) in [6.07, 6.45) is 0. The molecule has 0 spiro atoms. The fourth-order valence-corrected chi connectivity index (χ4v) is 5.72. The van der Waals surface area contributed by atoms with Gasteiger partial charge < -0.3 is 10.1 Å². The highest BCUT2D eigenvalue weighted by Crippen LogP contribution is 2.32. The number of sulfonamides is 1. The molecule has 6 nitrogen and oxygen atoms in total. The van der Waals surface area contributed by atoms with Gasteiger partial charge in [0, 0.05) is 18.1 Å². The quantitative estimate of drug-likeness (QED) is 0.347. The number of hydrogen-bond acceptors (Lipinski definition) is 5. The van der Waals surface area contributed by atoms with E-state index in [0.717, 1.165) is 9.87 Å². The molecule has 3 aromatic rings. The molecule has 0 bridgehead atoms. The third-order valence-corrected chi connectivity index (χ3v) is 8.19. The molecule has 10 heteroatoms. The number of anilines is 1. The molecule has 1 N–H and O–H groups in total. The second-order valence-corrected chi connectivity index (χ2v) is 11.0. The van der Waals surface area contributed by atoms with Crippen molar-refractivity contribution in [1.29, 1.82) is 0 Å². The van der Waals surface area contributed by atoms with Crippen molar-refractivity contribution in [2.24, 2.45) is 0 Å². The van der Waals surface area contributed by atoms with E-state index >= 15 is 0 Å². The number of ether oxygens (including phenoxy) is 1. The van der Waals surface area contributed by atoms with Crippen LogP contribution in [0.4, 0.5) is 10.1 Å². The first-order valence-electron chi connectivity index (χ1n) is 10.7.